The summed E-state index contributed by atoms with van der Waals surface area (Å²) in [5.74, 6) is -0.855. The summed E-state index contributed by atoms with van der Waals surface area (Å²) in [6.45, 7) is 0. The number of carbonyl (C=O) groups is 1. The first-order valence-electron chi connectivity index (χ1n) is 4.58. The minimum Gasteiger partial charge on any atom is -0.481 e. The standard InChI is InChI=1S/C10H11NO2S/c12-10(13)7-4-5-8(7)14-9-3-1-2-6-11-9/h1-3,6-8H,4-5H2,(H,12,13). The van der Waals surface area contributed by atoms with Gasteiger partial charge in [0.1, 0.15) is 0 Å². The van der Waals surface area contributed by atoms with Gasteiger partial charge in [-0.25, -0.2) is 4.98 Å². The quantitative estimate of drug-likeness (QED) is 0.827. The Hall–Kier alpha value is -1.03. The Bertz CT molecular complexity index is 328. The molecule has 0 amide bonds. The van der Waals surface area contributed by atoms with E-state index in [-0.39, 0.29) is 11.2 Å². The second-order valence-electron chi connectivity index (χ2n) is 3.35. The van der Waals surface area contributed by atoms with Gasteiger partial charge >= 0.3 is 5.97 Å². The van der Waals surface area contributed by atoms with Crippen molar-refractivity contribution in [2.24, 2.45) is 5.92 Å². The van der Waals surface area contributed by atoms with Crippen molar-refractivity contribution in [1.82, 2.24) is 4.98 Å². The third kappa shape index (κ3) is 1.90. The van der Waals surface area contributed by atoms with Gasteiger partial charge < -0.3 is 5.11 Å². The maximum atomic E-state index is 10.7. The van der Waals surface area contributed by atoms with Crippen molar-refractivity contribution in [3.8, 4) is 0 Å². The molecule has 14 heavy (non-hydrogen) atoms. The third-order valence-corrected chi connectivity index (χ3v) is 3.79. The minimum absolute atomic E-state index is 0.179. The van der Waals surface area contributed by atoms with Crippen molar-refractivity contribution in [2.75, 3.05) is 0 Å². The zero-order chi connectivity index (χ0) is 9.97. The number of aromatic nitrogens is 1. The molecule has 1 aromatic rings. The molecule has 1 aliphatic carbocycles. The van der Waals surface area contributed by atoms with Crippen LogP contribution in [0.15, 0.2) is 29.4 Å². The van der Waals surface area contributed by atoms with Crippen LogP contribution in [0.4, 0.5) is 0 Å². The van der Waals surface area contributed by atoms with E-state index in [1.165, 1.54) is 0 Å². The van der Waals surface area contributed by atoms with Gasteiger partial charge in [0, 0.05) is 11.4 Å². The summed E-state index contributed by atoms with van der Waals surface area (Å²) in [5, 5.41) is 9.98. The molecule has 2 atom stereocenters. The summed E-state index contributed by atoms with van der Waals surface area (Å²) in [4.78, 5) is 14.9. The Labute approximate surface area is 86.5 Å². The van der Waals surface area contributed by atoms with E-state index in [0.29, 0.717) is 0 Å². The zero-order valence-corrected chi connectivity index (χ0v) is 8.41. The van der Waals surface area contributed by atoms with Crippen LogP contribution in [-0.2, 0) is 4.79 Å². The average Bonchev–Trinajstić information content (AvgIpc) is 2.13. The summed E-state index contributed by atoms with van der Waals surface area (Å²) in [6.07, 6.45) is 3.52. The largest absolute Gasteiger partial charge is 0.481 e. The molecular weight excluding hydrogens is 198 g/mol. The predicted molar refractivity (Wildman–Crippen MR) is 54.2 cm³/mol. The van der Waals surface area contributed by atoms with Crippen molar-refractivity contribution >= 4 is 17.7 Å². The molecule has 2 rings (SSSR count). The van der Waals surface area contributed by atoms with Gasteiger partial charge in [-0.1, -0.05) is 6.07 Å². The molecule has 1 aromatic heterocycles. The molecule has 0 radical (unpaired) electrons. The highest BCUT2D eigenvalue weighted by Crippen LogP contribution is 2.40. The fourth-order valence-electron chi connectivity index (χ4n) is 1.46. The van der Waals surface area contributed by atoms with E-state index in [2.05, 4.69) is 4.98 Å². The van der Waals surface area contributed by atoms with Gasteiger partial charge in [-0.3, -0.25) is 4.79 Å². The van der Waals surface area contributed by atoms with Gasteiger partial charge in [0.25, 0.3) is 0 Å². The second kappa shape index (κ2) is 4.00. The van der Waals surface area contributed by atoms with E-state index in [0.717, 1.165) is 17.9 Å². The molecule has 1 saturated carbocycles. The molecule has 1 fully saturated rings. The maximum absolute atomic E-state index is 10.7. The second-order valence-corrected chi connectivity index (χ2v) is 4.61. The van der Waals surface area contributed by atoms with Crippen molar-refractivity contribution in [3.05, 3.63) is 24.4 Å². The van der Waals surface area contributed by atoms with Crippen LogP contribution in [-0.4, -0.2) is 21.3 Å². The number of carboxylic acid groups (broad SMARTS) is 1. The summed E-state index contributed by atoms with van der Waals surface area (Å²) in [5.41, 5.74) is 0. The van der Waals surface area contributed by atoms with Crippen LogP contribution in [0.2, 0.25) is 0 Å². The Kier molecular flexibility index (Phi) is 2.72. The first kappa shape index (κ1) is 9.52. The topological polar surface area (TPSA) is 50.2 Å². The van der Waals surface area contributed by atoms with Gasteiger partial charge in [0.15, 0.2) is 0 Å². The first-order chi connectivity index (χ1) is 6.77. The van der Waals surface area contributed by atoms with Crippen LogP contribution in [0, 0.1) is 5.92 Å². The molecule has 1 aliphatic rings. The van der Waals surface area contributed by atoms with Crippen LogP contribution >= 0.6 is 11.8 Å². The van der Waals surface area contributed by atoms with Crippen molar-refractivity contribution < 1.29 is 9.90 Å². The van der Waals surface area contributed by atoms with Crippen LogP contribution in [0.25, 0.3) is 0 Å². The lowest BCUT2D eigenvalue weighted by atomic mass is 9.85. The maximum Gasteiger partial charge on any atom is 0.307 e. The molecule has 2 unspecified atom stereocenters. The Balaban J connectivity index is 1.96. The summed E-state index contributed by atoms with van der Waals surface area (Å²) >= 11 is 1.57. The van der Waals surface area contributed by atoms with E-state index in [9.17, 15) is 4.79 Å². The number of pyridine rings is 1. The van der Waals surface area contributed by atoms with Crippen LogP contribution in [0.1, 0.15) is 12.8 Å². The van der Waals surface area contributed by atoms with Crippen molar-refractivity contribution in [3.63, 3.8) is 0 Å². The molecule has 0 saturated heterocycles. The predicted octanol–water partition coefficient (Wildman–Crippen LogP) is 2.04. The molecule has 0 spiro atoms. The monoisotopic (exact) mass is 209 g/mol. The summed E-state index contributed by atoms with van der Waals surface area (Å²) in [6, 6.07) is 5.70. The molecule has 1 N–H and O–H groups in total. The number of hydrogen-bond acceptors (Lipinski definition) is 3. The lowest BCUT2D eigenvalue weighted by molar-refractivity contribution is -0.144. The molecular formula is C10H11NO2S. The molecule has 1 heterocycles. The lowest BCUT2D eigenvalue weighted by Gasteiger charge is -2.32. The van der Waals surface area contributed by atoms with Gasteiger partial charge in [-0.15, -0.1) is 11.8 Å². The fourth-order valence-corrected chi connectivity index (χ4v) is 2.72. The van der Waals surface area contributed by atoms with E-state index in [4.69, 9.17) is 5.11 Å². The summed E-state index contributed by atoms with van der Waals surface area (Å²) < 4.78 is 0. The number of nitrogens with zero attached hydrogens (tertiary/aromatic N) is 1. The lowest BCUT2D eigenvalue weighted by Crippen LogP contribution is -2.35. The highest BCUT2D eigenvalue weighted by Gasteiger charge is 2.37. The first-order valence-corrected chi connectivity index (χ1v) is 5.46. The van der Waals surface area contributed by atoms with E-state index in [1.54, 1.807) is 18.0 Å². The van der Waals surface area contributed by atoms with Crippen molar-refractivity contribution in [1.29, 1.82) is 0 Å². The van der Waals surface area contributed by atoms with Gasteiger partial charge in [-0.2, -0.15) is 0 Å². The number of hydrogen-bond donors (Lipinski definition) is 1. The highest BCUT2D eigenvalue weighted by molar-refractivity contribution is 8.00. The van der Waals surface area contributed by atoms with Crippen molar-refractivity contribution in [2.45, 2.75) is 23.1 Å². The molecule has 74 valence electrons. The zero-order valence-electron chi connectivity index (χ0n) is 7.59. The number of thioether (sulfide) groups is 1. The highest BCUT2D eigenvalue weighted by atomic mass is 32.2. The number of rotatable bonds is 3. The van der Waals surface area contributed by atoms with E-state index < -0.39 is 5.97 Å². The van der Waals surface area contributed by atoms with Crippen LogP contribution < -0.4 is 0 Å². The number of aliphatic carboxylic acids is 1. The van der Waals surface area contributed by atoms with Gasteiger partial charge in [-0.05, 0) is 25.0 Å². The normalized spacial score (nSPS) is 25.4. The summed E-state index contributed by atoms with van der Waals surface area (Å²) in [7, 11) is 0. The molecule has 3 nitrogen and oxygen atoms in total. The van der Waals surface area contributed by atoms with E-state index >= 15 is 0 Å². The average molecular weight is 209 g/mol. The third-order valence-electron chi connectivity index (χ3n) is 2.44. The molecule has 0 aliphatic heterocycles. The van der Waals surface area contributed by atoms with Gasteiger partial charge in [0.05, 0.1) is 10.9 Å². The molecule has 0 bridgehead atoms. The Morgan fingerprint density at radius 2 is 2.36 bits per heavy atom. The van der Waals surface area contributed by atoms with Gasteiger partial charge in [0.2, 0.25) is 0 Å². The van der Waals surface area contributed by atoms with E-state index in [1.807, 2.05) is 18.2 Å². The minimum atomic E-state index is -0.676. The molecule has 0 aromatic carbocycles. The van der Waals surface area contributed by atoms with Crippen LogP contribution in [0.5, 0.6) is 0 Å². The number of carboxylic acids is 1. The molecule has 4 heteroatoms. The smallest absolute Gasteiger partial charge is 0.307 e. The Morgan fingerprint density at radius 3 is 2.86 bits per heavy atom. The fraction of sp³-hybridized carbons (Fsp3) is 0.400. The Morgan fingerprint density at radius 1 is 1.50 bits per heavy atom. The van der Waals surface area contributed by atoms with Crippen LogP contribution in [0.3, 0.4) is 0 Å². The SMILES string of the molecule is O=C(O)C1CCC1Sc1ccccn1.